The third-order valence-electron chi connectivity index (χ3n) is 1.60. The van der Waals surface area contributed by atoms with E-state index in [2.05, 4.69) is 9.71 Å². The van der Waals surface area contributed by atoms with Crippen LogP contribution in [0.3, 0.4) is 0 Å². The van der Waals surface area contributed by atoms with Gasteiger partial charge in [0.2, 0.25) is 0 Å². The predicted octanol–water partition coefficient (Wildman–Crippen LogP) is -0.317. The maximum atomic E-state index is 10.6. The molecule has 0 spiro atoms. The average molecular weight is 201 g/mol. The maximum Gasteiger partial charge on any atom is 0.274 e. The van der Waals surface area contributed by atoms with Gasteiger partial charge in [-0.1, -0.05) is 0 Å². The molecule has 0 saturated carbocycles. The average Bonchev–Trinajstić information content (AvgIpc) is 2.01. The SMILES string of the molecule is Cc1cnccc1CNS(N)(=O)=O. The lowest BCUT2D eigenvalue weighted by Crippen LogP contribution is -2.30. The van der Waals surface area contributed by atoms with Crippen LogP contribution >= 0.6 is 0 Å². The van der Waals surface area contributed by atoms with Gasteiger partial charge in [0.1, 0.15) is 0 Å². The van der Waals surface area contributed by atoms with Crippen LogP contribution in [0.1, 0.15) is 11.1 Å². The van der Waals surface area contributed by atoms with Gasteiger partial charge >= 0.3 is 0 Å². The van der Waals surface area contributed by atoms with E-state index in [0.717, 1.165) is 11.1 Å². The number of hydrogen-bond donors (Lipinski definition) is 2. The highest BCUT2D eigenvalue weighted by atomic mass is 32.2. The molecule has 1 heterocycles. The Labute approximate surface area is 77.2 Å². The molecule has 0 aliphatic rings. The molecule has 1 aromatic heterocycles. The molecule has 0 unspecified atom stereocenters. The van der Waals surface area contributed by atoms with Gasteiger partial charge in [0, 0.05) is 18.9 Å². The molecule has 1 aromatic rings. The molecule has 0 radical (unpaired) electrons. The number of pyridine rings is 1. The standard InChI is InChI=1S/C7H11N3O2S/c1-6-4-9-3-2-7(6)5-10-13(8,11)12/h2-4,10H,5H2,1H3,(H2,8,11,12). The molecule has 0 fully saturated rings. The smallest absolute Gasteiger partial charge is 0.264 e. The second kappa shape index (κ2) is 3.82. The summed E-state index contributed by atoms with van der Waals surface area (Å²) in [7, 11) is -3.61. The number of nitrogens with two attached hydrogens (primary N) is 1. The molecule has 0 bridgehead atoms. The lowest BCUT2D eigenvalue weighted by Gasteiger charge is -2.04. The van der Waals surface area contributed by atoms with Gasteiger partial charge in [-0.3, -0.25) is 4.98 Å². The van der Waals surface area contributed by atoms with E-state index in [-0.39, 0.29) is 6.54 Å². The number of hydrogen-bond acceptors (Lipinski definition) is 3. The zero-order valence-corrected chi connectivity index (χ0v) is 8.00. The zero-order valence-electron chi connectivity index (χ0n) is 7.19. The van der Waals surface area contributed by atoms with Gasteiger partial charge in [0.25, 0.3) is 10.2 Å². The summed E-state index contributed by atoms with van der Waals surface area (Å²) in [5.74, 6) is 0. The van der Waals surface area contributed by atoms with Crippen molar-refractivity contribution < 1.29 is 8.42 Å². The Kier molecular flexibility index (Phi) is 2.97. The minimum absolute atomic E-state index is 0.202. The Hall–Kier alpha value is -0.980. The highest BCUT2D eigenvalue weighted by Gasteiger charge is 2.02. The first kappa shape index (κ1) is 10.1. The molecule has 0 aromatic carbocycles. The van der Waals surface area contributed by atoms with Crippen molar-refractivity contribution >= 4 is 10.2 Å². The maximum absolute atomic E-state index is 10.6. The zero-order chi connectivity index (χ0) is 9.90. The second-order valence-corrected chi connectivity index (χ2v) is 4.05. The largest absolute Gasteiger partial charge is 0.274 e. The molecule has 0 amide bonds. The molecule has 72 valence electrons. The Balaban J connectivity index is 2.71. The van der Waals surface area contributed by atoms with Crippen LogP contribution in [0, 0.1) is 6.92 Å². The van der Waals surface area contributed by atoms with E-state index >= 15 is 0 Å². The van der Waals surface area contributed by atoms with Crippen LogP contribution in [-0.2, 0) is 16.8 Å². The van der Waals surface area contributed by atoms with Gasteiger partial charge in [0.05, 0.1) is 0 Å². The van der Waals surface area contributed by atoms with Crippen LogP contribution in [0.25, 0.3) is 0 Å². The lowest BCUT2D eigenvalue weighted by molar-refractivity contribution is 0.583. The van der Waals surface area contributed by atoms with Gasteiger partial charge in [-0.25, -0.2) is 5.14 Å². The summed E-state index contributed by atoms with van der Waals surface area (Å²) in [6.07, 6.45) is 3.27. The topological polar surface area (TPSA) is 85.1 Å². The molecule has 13 heavy (non-hydrogen) atoms. The number of nitrogens with one attached hydrogen (secondary N) is 1. The summed E-state index contributed by atoms with van der Waals surface area (Å²) >= 11 is 0. The first-order valence-corrected chi connectivity index (χ1v) is 5.20. The number of aryl methyl sites for hydroxylation is 1. The normalized spacial score (nSPS) is 11.5. The van der Waals surface area contributed by atoms with Crippen molar-refractivity contribution in [3.05, 3.63) is 29.6 Å². The van der Waals surface area contributed by atoms with Crippen LogP contribution in [0.15, 0.2) is 18.5 Å². The van der Waals surface area contributed by atoms with Crippen LogP contribution in [-0.4, -0.2) is 13.4 Å². The van der Waals surface area contributed by atoms with Crippen LogP contribution in [0.4, 0.5) is 0 Å². The first-order valence-electron chi connectivity index (χ1n) is 3.66. The van der Waals surface area contributed by atoms with Gasteiger partial charge in [0.15, 0.2) is 0 Å². The van der Waals surface area contributed by atoms with Gasteiger partial charge in [-0.05, 0) is 24.1 Å². The first-order chi connectivity index (χ1) is 5.99. The Bertz CT molecular complexity index is 388. The molecule has 6 heteroatoms. The highest BCUT2D eigenvalue weighted by molar-refractivity contribution is 7.87. The van der Waals surface area contributed by atoms with Crippen molar-refractivity contribution in [1.29, 1.82) is 0 Å². The molecule has 3 N–H and O–H groups in total. The molecule has 5 nitrogen and oxygen atoms in total. The van der Waals surface area contributed by atoms with E-state index in [1.807, 2.05) is 6.92 Å². The van der Waals surface area contributed by atoms with Crippen molar-refractivity contribution in [3.63, 3.8) is 0 Å². The Morgan fingerprint density at radius 1 is 1.62 bits per heavy atom. The van der Waals surface area contributed by atoms with Crippen molar-refractivity contribution in [2.24, 2.45) is 5.14 Å². The Morgan fingerprint density at radius 3 is 2.85 bits per heavy atom. The quantitative estimate of drug-likeness (QED) is 0.703. The van der Waals surface area contributed by atoms with Crippen molar-refractivity contribution in [3.8, 4) is 0 Å². The van der Waals surface area contributed by atoms with Gasteiger partial charge in [-0.15, -0.1) is 0 Å². The lowest BCUT2D eigenvalue weighted by atomic mass is 10.2. The molecule has 1 rings (SSSR count). The minimum Gasteiger partial charge on any atom is -0.264 e. The number of nitrogens with zero attached hydrogens (tertiary/aromatic N) is 1. The molecular weight excluding hydrogens is 190 g/mol. The van der Waals surface area contributed by atoms with Crippen molar-refractivity contribution in [2.45, 2.75) is 13.5 Å². The van der Waals surface area contributed by atoms with Crippen LogP contribution in [0.5, 0.6) is 0 Å². The number of aromatic nitrogens is 1. The fraction of sp³-hybridized carbons (Fsp3) is 0.286. The second-order valence-electron chi connectivity index (χ2n) is 2.67. The van der Waals surface area contributed by atoms with E-state index < -0.39 is 10.2 Å². The molecule has 0 aliphatic carbocycles. The minimum atomic E-state index is -3.61. The summed E-state index contributed by atoms with van der Waals surface area (Å²) in [4.78, 5) is 3.88. The summed E-state index contributed by atoms with van der Waals surface area (Å²) in [6, 6.07) is 1.74. The van der Waals surface area contributed by atoms with Crippen molar-refractivity contribution in [2.75, 3.05) is 0 Å². The fourth-order valence-corrected chi connectivity index (χ4v) is 1.24. The monoisotopic (exact) mass is 201 g/mol. The van der Waals surface area contributed by atoms with E-state index in [1.165, 1.54) is 0 Å². The van der Waals surface area contributed by atoms with Gasteiger partial charge in [-0.2, -0.15) is 13.1 Å². The third kappa shape index (κ3) is 3.49. The van der Waals surface area contributed by atoms with E-state index in [0.29, 0.717) is 0 Å². The molecular formula is C7H11N3O2S. The molecule has 0 atom stereocenters. The van der Waals surface area contributed by atoms with E-state index in [1.54, 1.807) is 18.5 Å². The number of rotatable bonds is 3. The van der Waals surface area contributed by atoms with Crippen LogP contribution in [0.2, 0.25) is 0 Å². The molecule has 0 aliphatic heterocycles. The molecule has 0 saturated heterocycles. The summed E-state index contributed by atoms with van der Waals surface area (Å²) in [5, 5.41) is 4.78. The van der Waals surface area contributed by atoms with Crippen molar-refractivity contribution in [1.82, 2.24) is 9.71 Å². The third-order valence-corrected chi connectivity index (χ3v) is 2.15. The fourth-order valence-electron chi connectivity index (χ4n) is 0.879. The summed E-state index contributed by atoms with van der Waals surface area (Å²) in [5.41, 5.74) is 1.79. The van der Waals surface area contributed by atoms with Gasteiger partial charge < -0.3 is 0 Å². The summed E-state index contributed by atoms with van der Waals surface area (Å²) < 4.78 is 23.3. The van der Waals surface area contributed by atoms with E-state index in [4.69, 9.17) is 5.14 Å². The summed E-state index contributed by atoms with van der Waals surface area (Å²) in [6.45, 7) is 2.06. The predicted molar refractivity (Wildman–Crippen MR) is 48.9 cm³/mol. The highest BCUT2D eigenvalue weighted by Crippen LogP contribution is 2.03. The van der Waals surface area contributed by atoms with E-state index in [9.17, 15) is 8.42 Å². The Morgan fingerprint density at radius 2 is 2.31 bits per heavy atom. The van der Waals surface area contributed by atoms with Crippen LogP contribution < -0.4 is 9.86 Å².